The molecule has 0 bridgehead atoms. The molecule has 2 heterocycles. The SMILES string of the molecule is COC(=O)C(=O)N1CCN(Cc2cnc(Cl)s2)/C1=N/[N+](=O)[O-]. The summed E-state index contributed by atoms with van der Waals surface area (Å²) in [6.45, 7) is 0.611. The number of halogens is 1. The van der Waals surface area contributed by atoms with Crippen molar-refractivity contribution in [1.82, 2.24) is 14.8 Å². The summed E-state index contributed by atoms with van der Waals surface area (Å²) in [5.41, 5.74) is 0. The number of ether oxygens (including phenoxy) is 1. The third-order valence-corrected chi connectivity index (χ3v) is 3.87. The first-order chi connectivity index (χ1) is 10.4. The molecule has 1 fully saturated rings. The lowest BCUT2D eigenvalue weighted by Crippen LogP contribution is -2.42. The summed E-state index contributed by atoms with van der Waals surface area (Å²) in [7, 11) is 1.05. The Balaban J connectivity index is 2.22. The molecule has 22 heavy (non-hydrogen) atoms. The molecule has 0 spiro atoms. The first-order valence-corrected chi connectivity index (χ1v) is 7.09. The molecule has 0 saturated carbocycles. The second-order valence-electron chi connectivity index (χ2n) is 4.09. The number of methoxy groups -OCH3 is 1. The molecule has 1 aromatic heterocycles. The molecule has 2 rings (SSSR count). The topological polar surface area (TPSA) is 118 Å². The molecule has 118 valence electrons. The molecular formula is C10H10ClN5O5S. The largest absolute Gasteiger partial charge is 0.462 e. The quantitative estimate of drug-likeness (QED) is 0.331. The average Bonchev–Trinajstić information content (AvgIpc) is 3.04. The highest BCUT2D eigenvalue weighted by Crippen LogP contribution is 2.21. The van der Waals surface area contributed by atoms with Gasteiger partial charge in [-0.1, -0.05) is 11.6 Å². The van der Waals surface area contributed by atoms with E-state index in [2.05, 4.69) is 14.8 Å². The number of nitrogens with zero attached hydrogens (tertiary/aromatic N) is 5. The van der Waals surface area contributed by atoms with Crippen molar-refractivity contribution in [2.75, 3.05) is 20.2 Å². The van der Waals surface area contributed by atoms with Gasteiger partial charge < -0.3 is 9.64 Å². The molecule has 1 saturated heterocycles. The average molecular weight is 348 g/mol. The molecule has 12 heteroatoms. The number of rotatable bonds is 3. The number of carbonyl (C=O) groups is 2. The third-order valence-electron chi connectivity index (χ3n) is 2.77. The van der Waals surface area contributed by atoms with Crippen LogP contribution >= 0.6 is 22.9 Å². The maximum absolute atomic E-state index is 11.9. The molecule has 1 aliphatic rings. The predicted molar refractivity (Wildman–Crippen MR) is 75.7 cm³/mol. The lowest BCUT2D eigenvalue weighted by Gasteiger charge is -2.17. The van der Waals surface area contributed by atoms with E-state index in [0.717, 1.165) is 16.9 Å². The van der Waals surface area contributed by atoms with Crippen LogP contribution in [-0.4, -0.2) is 57.9 Å². The minimum atomic E-state index is -1.11. The van der Waals surface area contributed by atoms with Crippen LogP contribution in [0.1, 0.15) is 4.88 Å². The maximum Gasteiger partial charge on any atom is 0.397 e. The number of carbonyl (C=O) groups excluding carboxylic acids is 2. The second-order valence-corrected chi connectivity index (χ2v) is 5.78. The molecular weight excluding hydrogens is 338 g/mol. The van der Waals surface area contributed by atoms with E-state index >= 15 is 0 Å². The lowest BCUT2D eigenvalue weighted by molar-refractivity contribution is -0.486. The summed E-state index contributed by atoms with van der Waals surface area (Å²) in [4.78, 5) is 40.9. The standard InChI is InChI=1S/C10H10ClN5O5S/c1-21-8(18)7(17)15-3-2-14(10(15)13-16(19)20)5-6-4-12-9(11)22-6/h4H,2-3,5H2,1H3/b13-10-. The van der Waals surface area contributed by atoms with Crippen molar-refractivity contribution in [3.8, 4) is 0 Å². The van der Waals surface area contributed by atoms with Gasteiger partial charge in [0.1, 0.15) is 5.10 Å². The fourth-order valence-corrected chi connectivity index (χ4v) is 2.86. The summed E-state index contributed by atoms with van der Waals surface area (Å²) in [5, 5.41) is 12.9. The maximum atomic E-state index is 11.9. The fourth-order valence-electron chi connectivity index (χ4n) is 1.87. The van der Waals surface area contributed by atoms with Crippen molar-refractivity contribution in [1.29, 1.82) is 0 Å². The fraction of sp³-hybridized carbons (Fsp3) is 0.400. The first-order valence-electron chi connectivity index (χ1n) is 5.90. The molecule has 0 aromatic carbocycles. The number of amides is 1. The van der Waals surface area contributed by atoms with Gasteiger partial charge in [-0.3, -0.25) is 9.69 Å². The van der Waals surface area contributed by atoms with Crippen molar-refractivity contribution >= 4 is 40.8 Å². The highest BCUT2D eigenvalue weighted by Gasteiger charge is 2.37. The van der Waals surface area contributed by atoms with Crippen molar-refractivity contribution in [2.24, 2.45) is 5.10 Å². The van der Waals surface area contributed by atoms with Crippen molar-refractivity contribution in [3.63, 3.8) is 0 Å². The third kappa shape index (κ3) is 3.49. The van der Waals surface area contributed by atoms with Crippen LogP contribution in [0.3, 0.4) is 0 Å². The Morgan fingerprint density at radius 1 is 1.59 bits per heavy atom. The molecule has 0 unspecified atom stereocenters. The summed E-state index contributed by atoms with van der Waals surface area (Å²) < 4.78 is 4.67. The Bertz CT molecular complexity index is 647. The minimum Gasteiger partial charge on any atom is -0.462 e. The Hall–Kier alpha value is -2.27. The monoisotopic (exact) mass is 347 g/mol. The van der Waals surface area contributed by atoms with Crippen molar-refractivity contribution in [2.45, 2.75) is 6.54 Å². The number of hydrazone groups is 1. The Labute approximate surface area is 133 Å². The van der Waals surface area contributed by atoms with Crippen LogP contribution in [0.15, 0.2) is 11.3 Å². The van der Waals surface area contributed by atoms with Gasteiger partial charge in [-0.2, -0.15) is 0 Å². The van der Waals surface area contributed by atoms with Gasteiger partial charge >= 0.3 is 11.9 Å². The molecule has 0 aliphatic carbocycles. The number of aromatic nitrogens is 1. The van der Waals surface area contributed by atoms with E-state index in [0.29, 0.717) is 4.47 Å². The molecule has 0 N–H and O–H groups in total. The van der Waals surface area contributed by atoms with Crippen molar-refractivity contribution < 1.29 is 19.4 Å². The van der Waals surface area contributed by atoms with Crippen LogP contribution in [0.5, 0.6) is 0 Å². The molecule has 10 nitrogen and oxygen atoms in total. The minimum absolute atomic E-state index is 0.0904. The summed E-state index contributed by atoms with van der Waals surface area (Å²) >= 11 is 6.94. The number of esters is 1. The van der Waals surface area contributed by atoms with E-state index in [9.17, 15) is 19.7 Å². The molecule has 1 aromatic rings. The summed E-state index contributed by atoms with van der Waals surface area (Å²) in [6, 6.07) is 0. The number of guanidine groups is 1. The number of thiazole rings is 1. The Morgan fingerprint density at radius 3 is 2.86 bits per heavy atom. The van der Waals surface area contributed by atoms with Gasteiger partial charge in [0.05, 0.1) is 13.7 Å². The summed E-state index contributed by atoms with van der Waals surface area (Å²) in [6.07, 6.45) is 1.53. The zero-order chi connectivity index (χ0) is 16.3. The van der Waals surface area contributed by atoms with E-state index in [4.69, 9.17) is 11.6 Å². The molecule has 1 amide bonds. The van der Waals surface area contributed by atoms with Gasteiger partial charge in [-0.25, -0.2) is 19.9 Å². The number of hydrogen-bond acceptors (Lipinski definition) is 7. The van der Waals surface area contributed by atoms with Crippen LogP contribution in [-0.2, 0) is 20.9 Å². The Morgan fingerprint density at radius 2 is 2.32 bits per heavy atom. The van der Waals surface area contributed by atoms with Crippen LogP contribution in [0.2, 0.25) is 4.47 Å². The van der Waals surface area contributed by atoms with E-state index in [1.54, 1.807) is 0 Å². The molecule has 0 radical (unpaired) electrons. The first kappa shape index (κ1) is 16.1. The van der Waals surface area contributed by atoms with Gasteiger partial charge in [-0.05, 0) is 0 Å². The van der Waals surface area contributed by atoms with Gasteiger partial charge in [0.15, 0.2) is 9.50 Å². The lowest BCUT2D eigenvalue weighted by atomic mass is 10.5. The van der Waals surface area contributed by atoms with E-state index in [1.807, 2.05) is 0 Å². The van der Waals surface area contributed by atoms with Gasteiger partial charge in [0.25, 0.3) is 5.96 Å². The highest BCUT2D eigenvalue weighted by molar-refractivity contribution is 7.15. The van der Waals surface area contributed by atoms with Crippen LogP contribution in [0.4, 0.5) is 0 Å². The number of nitro groups is 1. The van der Waals surface area contributed by atoms with E-state index < -0.39 is 16.9 Å². The van der Waals surface area contributed by atoms with Crippen LogP contribution in [0, 0.1) is 10.1 Å². The van der Waals surface area contributed by atoms with Crippen LogP contribution < -0.4 is 0 Å². The zero-order valence-electron chi connectivity index (χ0n) is 11.3. The second kappa shape index (κ2) is 6.66. The zero-order valence-corrected chi connectivity index (χ0v) is 12.8. The molecule has 1 aliphatic heterocycles. The van der Waals surface area contributed by atoms with Gasteiger partial charge in [0, 0.05) is 24.2 Å². The van der Waals surface area contributed by atoms with E-state index in [-0.39, 0.29) is 25.6 Å². The normalized spacial score (nSPS) is 16.2. The molecule has 0 atom stereocenters. The van der Waals surface area contributed by atoms with Gasteiger partial charge in [-0.15, -0.1) is 11.3 Å². The number of hydrogen-bond donors (Lipinski definition) is 0. The smallest absolute Gasteiger partial charge is 0.397 e. The van der Waals surface area contributed by atoms with Crippen molar-refractivity contribution in [3.05, 3.63) is 25.7 Å². The van der Waals surface area contributed by atoms with E-state index in [1.165, 1.54) is 22.4 Å². The van der Waals surface area contributed by atoms with Crippen LogP contribution in [0.25, 0.3) is 0 Å². The summed E-state index contributed by atoms with van der Waals surface area (Å²) in [5.74, 6) is -2.34. The predicted octanol–water partition coefficient (Wildman–Crippen LogP) is 0.161. The highest BCUT2D eigenvalue weighted by atomic mass is 35.5. The van der Waals surface area contributed by atoms with Gasteiger partial charge in [0.2, 0.25) is 0 Å². The Kier molecular flexibility index (Phi) is 4.88.